The van der Waals surface area contributed by atoms with Crippen LogP contribution in [0.15, 0.2) is 36.4 Å². The Morgan fingerprint density at radius 3 is 2.69 bits per heavy atom. The van der Waals surface area contributed by atoms with Gasteiger partial charge in [0.2, 0.25) is 0 Å². The van der Waals surface area contributed by atoms with E-state index >= 15 is 0 Å². The lowest BCUT2D eigenvalue weighted by atomic mass is 10.2. The second-order valence-corrected chi connectivity index (χ2v) is 3.47. The summed E-state index contributed by atoms with van der Waals surface area (Å²) in [5.41, 5.74) is 0.940. The van der Waals surface area contributed by atoms with Crippen LogP contribution in [0.25, 0.3) is 6.08 Å². The van der Waals surface area contributed by atoms with E-state index < -0.39 is 0 Å². The van der Waals surface area contributed by atoms with Crippen LogP contribution in [-0.2, 0) is 4.79 Å². The van der Waals surface area contributed by atoms with E-state index in [1.165, 1.54) is 11.0 Å². The number of nitrogens with one attached hydrogen (secondary N) is 1. The van der Waals surface area contributed by atoms with Gasteiger partial charge in [0.1, 0.15) is 0 Å². The summed E-state index contributed by atoms with van der Waals surface area (Å²) in [4.78, 5) is 24.0. The predicted molar refractivity (Wildman–Crippen MR) is 60.6 cm³/mol. The van der Waals surface area contributed by atoms with Crippen LogP contribution in [-0.4, -0.2) is 29.9 Å². The van der Waals surface area contributed by atoms with Gasteiger partial charge in [-0.25, -0.2) is 4.79 Å². The van der Waals surface area contributed by atoms with Crippen molar-refractivity contribution in [2.45, 2.75) is 0 Å². The first kappa shape index (κ1) is 10.4. The largest absolute Gasteiger partial charge is 0.336 e. The average Bonchev–Trinajstić information content (AvgIpc) is 2.74. The van der Waals surface area contributed by atoms with Crippen LogP contribution >= 0.6 is 0 Å². The quantitative estimate of drug-likeness (QED) is 0.756. The summed E-state index contributed by atoms with van der Waals surface area (Å²) in [5.74, 6) is -0.279. The summed E-state index contributed by atoms with van der Waals surface area (Å²) in [6, 6.07) is 9.18. The molecular formula is C12H12N2O2. The molecule has 1 aromatic carbocycles. The lowest BCUT2D eigenvalue weighted by Gasteiger charge is -2.07. The second-order valence-electron chi connectivity index (χ2n) is 3.47. The molecule has 0 radical (unpaired) electrons. The van der Waals surface area contributed by atoms with Crippen molar-refractivity contribution < 1.29 is 9.59 Å². The summed E-state index contributed by atoms with van der Waals surface area (Å²) < 4.78 is 0. The molecule has 1 heterocycles. The molecule has 1 fully saturated rings. The summed E-state index contributed by atoms with van der Waals surface area (Å²) in [5, 5.41) is 2.58. The van der Waals surface area contributed by atoms with Gasteiger partial charge < -0.3 is 5.32 Å². The highest BCUT2D eigenvalue weighted by Crippen LogP contribution is 2.03. The molecule has 0 spiro atoms. The van der Waals surface area contributed by atoms with Crippen LogP contribution < -0.4 is 5.32 Å². The molecule has 16 heavy (non-hydrogen) atoms. The molecule has 0 unspecified atom stereocenters. The molecule has 0 atom stereocenters. The molecular weight excluding hydrogens is 204 g/mol. The van der Waals surface area contributed by atoms with Crippen LogP contribution in [0.2, 0.25) is 0 Å². The zero-order chi connectivity index (χ0) is 11.4. The molecule has 0 aromatic heterocycles. The normalized spacial score (nSPS) is 15.5. The van der Waals surface area contributed by atoms with E-state index in [9.17, 15) is 9.59 Å². The maximum atomic E-state index is 11.6. The second kappa shape index (κ2) is 4.61. The van der Waals surface area contributed by atoms with Crippen molar-refractivity contribution in [3.8, 4) is 0 Å². The molecule has 1 saturated heterocycles. The van der Waals surface area contributed by atoms with Gasteiger partial charge in [-0.3, -0.25) is 9.69 Å². The van der Waals surface area contributed by atoms with Gasteiger partial charge in [-0.2, -0.15) is 0 Å². The van der Waals surface area contributed by atoms with Crippen LogP contribution in [0.5, 0.6) is 0 Å². The minimum Gasteiger partial charge on any atom is -0.336 e. The first-order valence-corrected chi connectivity index (χ1v) is 5.10. The zero-order valence-electron chi connectivity index (χ0n) is 8.72. The van der Waals surface area contributed by atoms with Crippen molar-refractivity contribution in [1.29, 1.82) is 0 Å². The molecule has 1 aliphatic rings. The van der Waals surface area contributed by atoms with Gasteiger partial charge in [0.05, 0.1) is 0 Å². The third-order valence-electron chi connectivity index (χ3n) is 2.34. The molecule has 0 aliphatic carbocycles. The maximum absolute atomic E-state index is 11.6. The number of urea groups is 1. The number of hydrogen-bond donors (Lipinski definition) is 1. The first-order valence-electron chi connectivity index (χ1n) is 5.10. The van der Waals surface area contributed by atoms with Crippen molar-refractivity contribution in [1.82, 2.24) is 10.2 Å². The number of rotatable bonds is 2. The Bertz CT molecular complexity index is 426. The number of nitrogens with zero attached hydrogens (tertiary/aromatic N) is 1. The Balaban J connectivity index is 2.02. The fourth-order valence-corrected chi connectivity index (χ4v) is 1.50. The van der Waals surface area contributed by atoms with Crippen LogP contribution in [0.1, 0.15) is 5.56 Å². The van der Waals surface area contributed by atoms with Gasteiger partial charge in [0.25, 0.3) is 5.91 Å². The van der Waals surface area contributed by atoms with E-state index in [-0.39, 0.29) is 11.9 Å². The van der Waals surface area contributed by atoms with Crippen LogP contribution in [0, 0.1) is 0 Å². The summed E-state index contributed by atoms with van der Waals surface area (Å²) in [6.45, 7) is 0.973. The van der Waals surface area contributed by atoms with Crippen LogP contribution in [0.4, 0.5) is 4.79 Å². The van der Waals surface area contributed by atoms with Gasteiger partial charge in [-0.1, -0.05) is 30.3 Å². The van der Waals surface area contributed by atoms with Crippen molar-refractivity contribution in [3.63, 3.8) is 0 Å². The Morgan fingerprint density at radius 2 is 2.06 bits per heavy atom. The number of benzene rings is 1. The first-order chi connectivity index (χ1) is 7.77. The molecule has 82 valence electrons. The van der Waals surface area contributed by atoms with Gasteiger partial charge in [-0.15, -0.1) is 0 Å². The third-order valence-corrected chi connectivity index (χ3v) is 2.34. The highest BCUT2D eigenvalue weighted by Gasteiger charge is 2.23. The minimum atomic E-state index is -0.317. The number of carbonyl (C=O) groups excluding carboxylic acids is 2. The molecule has 2 rings (SSSR count). The standard InChI is InChI=1S/C12H12N2O2/c15-11(14-9-8-13-12(14)16)7-6-10-4-2-1-3-5-10/h1-7H,8-9H2,(H,13,16)/b7-6+. The number of amides is 3. The van der Waals surface area contributed by atoms with E-state index in [1.54, 1.807) is 6.08 Å². The zero-order valence-corrected chi connectivity index (χ0v) is 8.72. The van der Waals surface area contributed by atoms with Crippen molar-refractivity contribution in [2.24, 2.45) is 0 Å². The molecule has 0 saturated carbocycles. The lowest BCUT2D eigenvalue weighted by Crippen LogP contribution is -2.32. The number of imide groups is 1. The average molecular weight is 216 g/mol. The Morgan fingerprint density at radius 1 is 1.31 bits per heavy atom. The molecule has 4 nitrogen and oxygen atoms in total. The van der Waals surface area contributed by atoms with E-state index in [0.717, 1.165) is 5.56 Å². The topological polar surface area (TPSA) is 49.4 Å². The highest BCUT2D eigenvalue weighted by atomic mass is 16.2. The van der Waals surface area contributed by atoms with E-state index in [1.807, 2.05) is 30.3 Å². The lowest BCUT2D eigenvalue weighted by molar-refractivity contribution is -0.122. The summed E-state index contributed by atoms with van der Waals surface area (Å²) >= 11 is 0. The van der Waals surface area contributed by atoms with Crippen molar-refractivity contribution in [3.05, 3.63) is 42.0 Å². The van der Waals surface area contributed by atoms with Gasteiger partial charge in [0, 0.05) is 19.2 Å². The minimum absolute atomic E-state index is 0.279. The Labute approximate surface area is 93.6 Å². The molecule has 0 bridgehead atoms. The monoisotopic (exact) mass is 216 g/mol. The summed E-state index contributed by atoms with van der Waals surface area (Å²) in [6.07, 6.45) is 3.12. The van der Waals surface area contributed by atoms with Crippen molar-refractivity contribution >= 4 is 18.0 Å². The van der Waals surface area contributed by atoms with Gasteiger partial charge in [0.15, 0.2) is 0 Å². The van der Waals surface area contributed by atoms with Crippen LogP contribution in [0.3, 0.4) is 0 Å². The van der Waals surface area contributed by atoms with E-state index in [2.05, 4.69) is 5.32 Å². The Hall–Kier alpha value is -2.10. The molecule has 1 N–H and O–H groups in total. The fraction of sp³-hybridized carbons (Fsp3) is 0.167. The van der Waals surface area contributed by atoms with Crippen molar-refractivity contribution in [2.75, 3.05) is 13.1 Å². The number of hydrogen-bond acceptors (Lipinski definition) is 2. The molecule has 4 heteroatoms. The smallest absolute Gasteiger partial charge is 0.324 e. The molecule has 1 aliphatic heterocycles. The number of carbonyl (C=O) groups is 2. The molecule has 3 amide bonds. The summed E-state index contributed by atoms with van der Waals surface area (Å²) in [7, 11) is 0. The highest BCUT2D eigenvalue weighted by molar-refractivity contribution is 6.03. The van der Waals surface area contributed by atoms with E-state index in [0.29, 0.717) is 13.1 Å². The maximum Gasteiger partial charge on any atom is 0.324 e. The van der Waals surface area contributed by atoms with Gasteiger partial charge in [-0.05, 0) is 11.6 Å². The third kappa shape index (κ3) is 2.28. The predicted octanol–water partition coefficient (Wildman–Crippen LogP) is 1.25. The van der Waals surface area contributed by atoms with E-state index in [4.69, 9.17) is 0 Å². The molecule has 1 aromatic rings. The fourth-order valence-electron chi connectivity index (χ4n) is 1.50. The SMILES string of the molecule is O=C(/C=C/c1ccccc1)N1CCNC1=O. The van der Waals surface area contributed by atoms with Gasteiger partial charge >= 0.3 is 6.03 Å². The Kier molecular flexibility index (Phi) is 3.00.